The maximum Gasteiger partial charge on any atom is 0.127 e. The fraction of sp³-hybridized carbons (Fsp3) is 0.500. The number of nitrogens with two attached hydrogens (primary N) is 1. The highest BCUT2D eigenvalue weighted by atomic mass is 16.5. The van der Waals surface area contributed by atoms with E-state index in [-0.39, 0.29) is 5.60 Å². The van der Waals surface area contributed by atoms with Crippen LogP contribution in [0.15, 0.2) is 30.3 Å². The van der Waals surface area contributed by atoms with Gasteiger partial charge in [-0.1, -0.05) is 30.3 Å². The molecule has 0 saturated carbocycles. The summed E-state index contributed by atoms with van der Waals surface area (Å²) in [5, 5.41) is 0. The Balaban J connectivity index is 1.44. The van der Waals surface area contributed by atoms with E-state index in [0.29, 0.717) is 5.92 Å². The lowest BCUT2D eigenvalue weighted by atomic mass is 9.88. The van der Waals surface area contributed by atoms with E-state index in [0.717, 1.165) is 37.5 Å². The molecule has 4 rings (SSSR count). The summed E-state index contributed by atoms with van der Waals surface area (Å²) in [7, 11) is 0. The van der Waals surface area contributed by atoms with Gasteiger partial charge >= 0.3 is 0 Å². The van der Waals surface area contributed by atoms with Gasteiger partial charge in [0, 0.05) is 24.2 Å². The second-order valence-electron chi connectivity index (χ2n) is 8.79. The molecule has 2 aromatic rings. The number of nitrogens with zero attached hydrogens (tertiary/aromatic N) is 1. The molecule has 0 aromatic heterocycles. The van der Waals surface area contributed by atoms with Gasteiger partial charge < -0.3 is 10.5 Å². The minimum atomic E-state index is -0.155. The smallest absolute Gasteiger partial charge is 0.127 e. The zero-order chi connectivity index (χ0) is 19.2. The van der Waals surface area contributed by atoms with Gasteiger partial charge in [0.1, 0.15) is 11.4 Å². The summed E-state index contributed by atoms with van der Waals surface area (Å²) >= 11 is 0. The number of ether oxygens (including phenoxy) is 1. The van der Waals surface area contributed by atoms with E-state index in [1.54, 1.807) is 0 Å². The molecule has 0 radical (unpaired) electrons. The van der Waals surface area contributed by atoms with Gasteiger partial charge in [-0.2, -0.15) is 0 Å². The normalized spacial score (nSPS) is 23.3. The van der Waals surface area contributed by atoms with E-state index >= 15 is 0 Å². The van der Waals surface area contributed by atoms with Crippen molar-refractivity contribution in [3.63, 3.8) is 0 Å². The first kappa shape index (κ1) is 18.4. The molecule has 2 aromatic carbocycles. The van der Waals surface area contributed by atoms with Crippen molar-refractivity contribution in [3.05, 3.63) is 58.1 Å². The molecule has 2 aliphatic rings. The van der Waals surface area contributed by atoms with Crippen molar-refractivity contribution in [3.8, 4) is 5.75 Å². The number of fused-ring (bicyclic) bond motifs is 1. The molecule has 2 N–H and O–H groups in total. The third-order valence-corrected chi connectivity index (χ3v) is 6.75. The summed E-state index contributed by atoms with van der Waals surface area (Å²) < 4.78 is 6.56. The summed E-state index contributed by atoms with van der Waals surface area (Å²) in [6.07, 6.45) is 3.42. The number of rotatable bonds is 3. The molecule has 27 heavy (non-hydrogen) atoms. The van der Waals surface area contributed by atoms with Gasteiger partial charge in [-0.15, -0.1) is 0 Å². The van der Waals surface area contributed by atoms with Gasteiger partial charge in [0.25, 0.3) is 0 Å². The standard InChI is InChI=1S/C24H32N2O/c1-16-17(2)23-21(18(3)22(16)25)14-24(4,27-23)15-26-12-10-20(11-13-26)19-8-6-5-7-9-19/h5-9,20H,10-15,25H2,1-4H3/t24-/m0/s1. The predicted molar refractivity (Wildman–Crippen MR) is 113 cm³/mol. The van der Waals surface area contributed by atoms with Crippen molar-refractivity contribution in [1.29, 1.82) is 0 Å². The fourth-order valence-electron chi connectivity index (χ4n) is 4.93. The Labute approximate surface area is 163 Å². The minimum absolute atomic E-state index is 0.155. The first-order valence-electron chi connectivity index (χ1n) is 10.2. The van der Waals surface area contributed by atoms with E-state index in [4.69, 9.17) is 10.5 Å². The van der Waals surface area contributed by atoms with Crippen molar-refractivity contribution < 1.29 is 4.74 Å². The van der Waals surface area contributed by atoms with Gasteiger partial charge in [0.2, 0.25) is 0 Å². The maximum atomic E-state index is 6.56. The highest BCUT2D eigenvalue weighted by Gasteiger charge is 2.39. The van der Waals surface area contributed by atoms with Gasteiger partial charge in [-0.05, 0) is 81.8 Å². The number of hydrogen-bond acceptors (Lipinski definition) is 3. The van der Waals surface area contributed by atoms with Crippen LogP contribution in [-0.2, 0) is 6.42 Å². The molecule has 0 bridgehead atoms. The van der Waals surface area contributed by atoms with Crippen molar-refractivity contribution in [2.45, 2.75) is 58.5 Å². The molecular formula is C24H32N2O. The molecule has 0 aliphatic carbocycles. The van der Waals surface area contributed by atoms with E-state index in [9.17, 15) is 0 Å². The molecule has 1 atom stereocenters. The Bertz CT molecular complexity index is 798. The average molecular weight is 365 g/mol. The summed E-state index contributed by atoms with van der Waals surface area (Å²) in [5.74, 6) is 1.78. The quantitative estimate of drug-likeness (QED) is 0.798. The van der Waals surface area contributed by atoms with Crippen LogP contribution in [-0.4, -0.2) is 30.1 Å². The number of benzene rings is 2. The third kappa shape index (κ3) is 3.34. The summed E-state index contributed by atoms with van der Waals surface area (Å²) in [5.41, 5.74) is 13.5. The summed E-state index contributed by atoms with van der Waals surface area (Å²) in [6, 6.07) is 11.0. The lowest BCUT2D eigenvalue weighted by Crippen LogP contribution is -2.47. The van der Waals surface area contributed by atoms with Crippen molar-refractivity contribution in [1.82, 2.24) is 4.90 Å². The largest absolute Gasteiger partial charge is 0.485 e. The number of nitrogen functional groups attached to an aromatic ring is 1. The van der Waals surface area contributed by atoms with Crippen molar-refractivity contribution in [2.24, 2.45) is 0 Å². The van der Waals surface area contributed by atoms with Crippen LogP contribution in [0.25, 0.3) is 0 Å². The molecule has 0 unspecified atom stereocenters. The Morgan fingerprint density at radius 1 is 1.04 bits per heavy atom. The van der Waals surface area contributed by atoms with Crippen LogP contribution >= 0.6 is 0 Å². The number of piperidine rings is 1. The lowest BCUT2D eigenvalue weighted by molar-refractivity contribution is 0.0523. The third-order valence-electron chi connectivity index (χ3n) is 6.75. The first-order valence-corrected chi connectivity index (χ1v) is 10.2. The zero-order valence-electron chi connectivity index (χ0n) is 17.1. The van der Waals surface area contributed by atoms with Crippen LogP contribution in [0.4, 0.5) is 5.69 Å². The number of anilines is 1. The number of hydrogen-bond donors (Lipinski definition) is 1. The van der Waals surface area contributed by atoms with Crippen LogP contribution in [0.3, 0.4) is 0 Å². The van der Waals surface area contributed by atoms with E-state index < -0.39 is 0 Å². The summed E-state index contributed by atoms with van der Waals surface area (Å²) in [4.78, 5) is 2.59. The fourth-order valence-corrected chi connectivity index (χ4v) is 4.93. The minimum Gasteiger partial charge on any atom is -0.485 e. The van der Waals surface area contributed by atoms with Crippen molar-refractivity contribution >= 4 is 5.69 Å². The van der Waals surface area contributed by atoms with E-state index in [2.05, 4.69) is 62.9 Å². The van der Waals surface area contributed by atoms with E-state index in [1.807, 2.05) is 0 Å². The van der Waals surface area contributed by atoms with Gasteiger partial charge in [-0.3, -0.25) is 4.90 Å². The van der Waals surface area contributed by atoms with Gasteiger partial charge in [0.05, 0.1) is 0 Å². The van der Waals surface area contributed by atoms with Crippen LogP contribution < -0.4 is 10.5 Å². The van der Waals surface area contributed by atoms with Crippen LogP contribution in [0.2, 0.25) is 0 Å². The monoisotopic (exact) mass is 364 g/mol. The SMILES string of the molecule is Cc1c(C)c2c(c(C)c1N)C[C@@](C)(CN1CCC(c3ccccc3)CC1)O2. The highest BCUT2D eigenvalue weighted by Crippen LogP contribution is 2.44. The molecule has 1 fully saturated rings. The predicted octanol–water partition coefficient (Wildman–Crippen LogP) is 4.77. The average Bonchev–Trinajstić information content (AvgIpc) is 3.03. The Hall–Kier alpha value is -2.00. The first-order chi connectivity index (χ1) is 12.9. The lowest BCUT2D eigenvalue weighted by Gasteiger charge is -2.37. The van der Waals surface area contributed by atoms with Gasteiger partial charge in [-0.25, -0.2) is 0 Å². The number of likely N-dealkylation sites (tertiary alicyclic amines) is 1. The Kier molecular flexibility index (Phi) is 4.67. The molecular weight excluding hydrogens is 332 g/mol. The Morgan fingerprint density at radius 2 is 1.70 bits per heavy atom. The topological polar surface area (TPSA) is 38.5 Å². The molecule has 0 amide bonds. The van der Waals surface area contributed by atoms with Crippen LogP contribution in [0.5, 0.6) is 5.75 Å². The molecule has 0 spiro atoms. The summed E-state index contributed by atoms with van der Waals surface area (Å²) in [6.45, 7) is 11.9. The van der Waals surface area contributed by atoms with Crippen LogP contribution in [0, 0.1) is 20.8 Å². The Morgan fingerprint density at radius 3 is 2.37 bits per heavy atom. The highest BCUT2D eigenvalue weighted by molar-refractivity contribution is 5.66. The van der Waals surface area contributed by atoms with E-state index in [1.165, 1.54) is 40.7 Å². The zero-order valence-corrected chi connectivity index (χ0v) is 17.1. The second-order valence-corrected chi connectivity index (χ2v) is 8.79. The molecule has 3 nitrogen and oxygen atoms in total. The molecule has 144 valence electrons. The molecule has 2 heterocycles. The molecule has 3 heteroatoms. The van der Waals surface area contributed by atoms with Gasteiger partial charge in [0.15, 0.2) is 0 Å². The second kappa shape index (κ2) is 6.87. The molecule has 2 aliphatic heterocycles. The maximum absolute atomic E-state index is 6.56. The van der Waals surface area contributed by atoms with Crippen LogP contribution in [0.1, 0.15) is 53.5 Å². The van der Waals surface area contributed by atoms with Crippen molar-refractivity contribution in [2.75, 3.05) is 25.4 Å². The molecule has 1 saturated heterocycles.